The molecule has 0 fully saturated rings. The Morgan fingerprint density at radius 2 is 0.610 bits per heavy atom. The van der Waals surface area contributed by atoms with Gasteiger partial charge in [0.05, 0.1) is 11.9 Å². The number of aliphatic carboxylic acids is 2. The fourth-order valence-electron chi connectivity index (χ4n) is 6.53. The number of carbonyl (C=O) groups is 4. The van der Waals surface area contributed by atoms with E-state index in [0.717, 1.165) is 33.2 Å². The number of hydrogen-bond donors (Lipinski definition) is 0. The summed E-state index contributed by atoms with van der Waals surface area (Å²) in [5.74, 6) is 0.0481. The number of methoxy groups -OCH3 is 2. The first-order chi connectivity index (χ1) is 28.7. The SMILES string of the molecule is CCCCCCCCCCCCCCCCCCSCC(=O)[O-].CCCCCCCCCCCCCCCCCCSCC(=O)[O-].COC(=O)C[CH2][Sn+2][CH2]CC(=O)OC. The number of thioether (sulfide) groups is 2. The topological polar surface area (TPSA) is 133 Å². The van der Waals surface area contributed by atoms with Crippen molar-refractivity contribution in [3.8, 4) is 0 Å². The molecule has 0 atom stereocenters. The van der Waals surface area contributed by atoms with E-state index in [4.69, 9.17) is 0 Å². The predicted molar refractivity (Wildman–Crippen MR) is 252 cm³/mol. The van der Waals surface area contributed by atoms with Gasteiger partial charge in [0.15, 0.2) is 0 Å². The van der Waals surface area contributed by atoms with Gasteiger partial charge in [0, 0.05) is 11.5 Å². The van der Waals surface area contributed by atoms with E-state index in [9.17, 15) is 29.4 Å². The van der Waals surface area contributed by atoms with Gasteiger partial charge in [-0.3, -0.25) is 0 Å². The molecule has 0 spiro atoms. The van der Waals surface area contributed by atoms with Crippen LogP contribution in [0.4, 0.5) is 0 Å². The summed E-state index contributed by atoms with van der Waals surface area (Å²) in [6.07, 6.45) is 45.2. The van der Waals surface area contributed by atoms with E-state index in [-0.39, 0.29) is 23.4 Å². The summed E-state index contributed by atoms with van der Waals surface area (Å²) in [7, 11) is 2.78. The van der Waals surface area contributed by atoms with Crippen LogP contribution in [-0.2, 0) is 28.7 Å². The number of ether oxygens (including phenoxy) is 2. The summed E-state index contributed by atoms with van der Waals surface area (Å²) in [5.41, 5.74) is 0. The monoisotopic (exact) mass is 981 g/mol. The minimum atomic E-state index is -0.938. The van der Waals surface area contributed by atoms with E-state index in [1.54, 1.807) is 0 Å². The van der Waals surface area contributed by atoms with Crippen molar-refractivity contribution < 1.29 is 38.9 Å². The van der Waals surface area contributed by atoms with Gasteiger partial charge < -0.3 is 19.8 Å². The molecule has 8 nitrogen and oxygen atoms in total. The fourth-order valence-corrected chi connectivity index (χ4v) is 10.9. The molecule has 59 heavy (non-hydrogen) atoms. The van der Waals surface area contributed by atoms with Crippen molar-refractivity contribution in [2.75, 3.05) is 37.2 Å². The van der Waals surface area contributed by atoms with Crippen LogP contribution in [-0.4, -0.2) is 82.3 Å². The normalized spacial score (nSPS) is 10.5. The van der Waals surface area contributed by atoms with Crippen molar-refractivity contribution in [1.29, 1.82) is 0 Å². The molecule has 0 aliphatic carbocycles. The molecule has 0 aromatic rings. The van der Waals surface area contributed by atoms with Crippen molar-refractivity contribution in [3.05, 3.63) is 0 Å². The summed E-state index contributed by atoms with van der Waals surface area (Å²) in [4.78, 5) is 41.8. The van der Waals surface area contributed by atoms with Crippen molar-refractivity contribution in [2.45, 2.75) is 241 Å². The number of unbranched alkanes of at least 4 members (excludes halogenated alkanes) is 30. The van der Waals surface area contributed by atoms with Crippen LogP contribution in [0.1, 0.15) is 232 Å². The quantitative estimate of drug-likeness (QED) is 0.0330. The van der Waals surface area contributed by atoms with Gasteiger partial charge in [0.2, 0.25) is 0 Å². The van der Waals surface area contributed by atoms with Crippen LogP contribution in [0, 0.1) is 0 Å². The van der Waals surface area contributed by atoms with Gasteiger partial charge in [0.1, 0.15) is 0 Å². The Balaban J connectivity index is -0.000000831. The van der Waals surface area contributed by atoms with E-state index in [1.807, 2.05) is 0 Å². The van der Waals surface area contributed by atoms with Gasteiger partial charge in [-0.2, -0.15) is 23.5 Å². The second-order valence-corrected chi connectivity index (χ2v) is 22.3. The summed E-state index contributed by atoms with van der Waals surface area (Å²) in [5, 5.41) is 20.5. The molecular weight excluding hydrogens is 887 g/mol. The van der Waals surface area contributed by atoms with E-state index >= 15 is 0 Å². The number of carbonyl (C=O) groups excluding carboxylic acids is 4. The standard InChI is InChI=1S/2C20H40O2S.2C4H7O2.Sn/c2*1-2-3-4-5-6-7-8-9-10-11-12-13-14-15-16-17-18-23-19-20(21)22;2*1-3-4(5)6-2;/h2*2-19H2,1H3,(H,21,22);2*1,3H2,2H3;/q;;;;+2/p-2. The fraction of sp³-hybridized carbons (Fsp3) is 0.917. The first-order valence-corrected chi connectivity index (χ1v) is 30.5. The summed E-state index contributed by atoms with van der Waals surface area (Å²) in [6.45, 7) is 4.55. The molecule has 11 heteroatoms. The molecule has 0 amide bonds. The molecule has 0 aliphatic rings. The molecule has 0 rings (SSSR count). The van der Waals surface area contributed by atoms with Crippen LogP contribution in [0.2, 0.25) is 8.87 Å². The zero-order valence-corrected chi connectivity index (χ0v) is 43.4. The van der Waals surface area contributed by atoms with Crippen LogP contribution in [0.25, 0.3) is 0 Å². The van der Waals surface area contributed by atoms with E-state index in [1.165, 1.54) is 230 Å². The molecule has 0 bridgehead atoms. The molecule has 0 aromatic heterocycles. The second kappa shape index (κ2) is 57.4. The third kappa shape index (κ3) is 66.7. The van der Waals surface area contributed by atoms with E-state index in [2.05, 4.69) is 23.3 Å². The van der Waals surface area contributed by atoms with Crippen molar-refractivity contribution >= 4 is 68.5 Å². The van der Waals surface area contributed by atoms with Crippen molar-refractivity contribution in [2.24, 2.45) is 0 Å². The van der Waals surface area contributed by atoms with Gasteiger partial charge in [-0.05, 0) is 24.3 Å². The van der Waals surface area contributed by atoms with Gasteiger partial charge in [-0.1, -0.05) is 206 Å². The molecule has 348 valence electrons. The van der Waals surface area contributed by atoms with Crippen molar-refractivity contribution in [3.63, 3.8) is 0 Å². The van der Waals surface area contributed by atoms with Gasteiger partial charge in [-0.15, -0.1) is 0 Å². The maximum absolute atomic E-state index is 10.7. The molecular formula is C48H92O8S2Sn. The Morgan fingerprint density at radius 1 is 0.390 bits per heavy atom. The Bertz CT molecular complexity index is 812. The summed E-state index contributed by atoms with van der Waals surface area (Å²) in [6, 6.07) is 0. The first kappa shape index (κ1) is 62.7. The zero-order valence-electron chi connectivity index (χ0n) is 38.9. The molecule has 0 saturated heterocycles. The van der Waals surface area contributed by atoms with Crippen LogP contribution >= 0.6 is 23.5 Å². The average Bonchev–Trinajstić information content (AvgIpc) is 3.22. The Morgan fingerprint density at radius 3 is 0.814 bits per heavy atom. The van der Waals surface area contributed by atoms with Crippen LogP contribution in [0.5, 0.6) is 0 Å². The van der Waals surface area contributed by atoms with Gasteiger partial charge >= 0.3 is 88.1 Å². The number of carboxylic acid groups (broad SMARTS) is 2. The summed E-state index contributed by atoms with van der Waals surface area (Å²) < 4.78 is 10.9. The molecule has 0 saturated carbocycles. The number of hydrogen-bond acceptors (Lipinski definition) is 10. The molecule has 0 aromatic carbocycles. The van der Waals surface area contributed by atoms with Crippen LogP contribution in [0.15, 0.2) is 0 Å². The van der Waals surface area contributed by atoms with Gasteiger partial charge in [-0.25, -0.2) is 0 Å². The number of esters is 2. The Labute approximate surface area is 383 Å². The van der Waals surface area contributed by atoms with E-state index in [0.29, 0.717) is 12.8 Å². The Hall–Kier alpha value is -0.621. The average molecular weight is 980 g/mol. The number of carboxylic acids is 2. The molecule has 0 unspecified atom stereocenters. The summed E-state index contributed by atoms with van der Waals surface area (Å²) >= 11 is 2.42. The third-order valence-corrected chi connectivity index (χ3v) is 15.7. The zero-order chi connectivity index (χ0) is 44.1. The first-order valence-electron chi connectivity index (χ1n) is 24.1. The number of rotatable bonds is 44. The molecule has 0 aliphatic heterocycles. The van der Waals surface area contributed by atoms with Crippen LogP contribution in [0.3, 0.4) is 0 Å². The third-order valence-electron chi connectivity index (χ3n) is 10.2. The molecule has 0 heterocycles. The molecule has 0 radical (unpaired) electrons. The predicted octanol–water partition coefficient (Wildman–Crippen LogP) is 12.1. The van der Waals surface area contributed by atoms with Gasteiger partial charge in [0.25, 0.3) is 0 Å². The maximum atomic E-state index is 10.7. The van der Waals surface area contributed by atoms with E-state index < -0.39 is 33.1 Å². The second-order valence-electron chi connectivity index (χ2n) is 15.9. The van der Waals surface area contributed by atoms with Crippen molar-refractivity contribution in [1.82, 2.24) is 0 Å². The molecule has 0 N–H and O–H groups in total. The van der Waals surface area contributed by atoms with Crippen LogP contribution < -0.4 is 10.2 Å². The minimum absolute atomic E-state index is 0.152. The Kier molecular flexibility index (Phi) is 60.9.